The molecule has 0 bridgehead atoms. The molecule has 0 radical (unpaired) electrons. The van der Waals surface area contributed by atoms with Crippen molar-refractivity contribution < 1.29 is 22.7 Å². The summed E-state index contributed by atoms with van der Waals surface area (Å²) in [6, 6.07) is 19.5. The summed E-state index contributed by atoms with van der Waals surface area (Å²) in [7, 11) is 1.53. The number of alkyl halides is 3. The number of amides is 2. The van der Waals surface area contributed by atoms with Gasteiger partial charge in [-0.05, 0) is 47.9 Å². The number of rotatable bonds is 5. The number of ether oxygens (including phenoxy) is 1. The first-order chi connectivity index (χ1) is 16.7. The van der Waals surface area contributed by atoms with Crippen LogP contribution in [0.2, 0.25) is 5.02 Å². The number of carbonyl (C=O) groups excluding carboxylic acids is 1. The van der Waals surface area contributed by atoms with E-state index in [1.54, 1.807) is 24.3 Å². The van der Waals surface area contributed by atoms with E-state index >= 15 is 0 Å². The van der Waals surface area contributed by atoms with Gasteiger partial charge in [0.1, 0.15) is 5.75 Å². The largest absolute Gasteiger partial charge is 0.497 e. The maximum absolute atomic E-state index is 14.6. The quantitative estimate of drug-likeness (QED) is 0.409. The highest BCUT2D eigenvalue weighted by Gasteiger charge is 2.60. The lowest BCUT2D eigenvalue weighted by Gasteiger charge is -2.41. The number of hydrogen-bond donors (Lipinski definition) is 1. The minimum absolute atomic E-state index is 0.0554. The van der Waals surface area contributed by atoms with Crippen molar-refractivity contribution >= 4 is 23.3 Å². The van der Waals surface area contributed by atoms with Crippen molar-refractivity contribution in [1.82, 2.24) is 5.32 Å². The number of methoxy groups -OCH3 is 1. The fourth-order valence-corrected chi connectivity index (χ4v) is 4.13. The van der Waals surface area contributed by atoms with Crippen molar-refractivity contribution in [2.45, 2.75) is 31.1 Å². The highest BCUT2D eigenvalue weighted by Crippen LogP contribution is 2.46. The molecule has 8 heteroatoms. The standard InChI is InChI=1S/C27H22ClF3N2O2/c1-35-22-13-10-20(11-14-22)18-33-24-15-12-21(28)17-23(24)26(27(29,30)31,32-25(33)34)16-6-5-9-19-7-3-2-4-8-19/h2-4,7-8,10-15,17H,5,9,18H2,1H3,(H,32,34)/t26-/m0/s1. The third-order valence-corrected chi connectivity index (χ3v) is 6.01. The normalized spacial score (nSPS) is 17.2. The highest BCUT2D eigenvalue weighted by molar-refractivity contribution is 6.30. The van der Waals surface area contributed by atoms with E-state index in [1.807, 2.05) is 30.3 Å². The summed E-state index contributed by atoms with van der Waals surface area (Å²) in [4.78, 5) is 14.3. The van der Waals surface area contributed by atoms with Gasteiger partial charge < -0.3 is 10.1 Å². The summed E-state index contributed by atoms with van der Waals surface area (Å²) in [5.41, 5.74) is -1.31. The second-order valence-electron chi connectivity index (χ2n) is 8.06. The molecule has 2 amide bonds. The first-order valence-corrected chi connectivity index (χ1v) is 11.2. The van der Waals surface area contributed by atoms with E-state index in [0.29, 0.717) is 12.2 Å². The maximum Gasteiger partial charge on any atom is 0.427 e. The number of halogens is 4. The molecule has 0 saturated heterocycles. The van der Waals surface area contributed by atoms with Gasteiger partial charge in [0.15, 0.2) is 0 Å². The van der Waals surface area contributed by atoms with Gasteiger partial charge >= 0.3 is 12.2 Å². The van der Waals surface area contributed by atoms with Crippen molar-refractivity contribution in [2.24, 2.45) is 0 Å². The molecule has 4 rings (SSSR count). The van der Waals surface area contributed by atoms with Gasteiger partial charge in [-0.1, -0.05) is 65.9 Å². The van der Waals surface area contributed by atoms with Crippen molar-refractivity contribution in [3.63, 3.8) is 0 Å². The Labute approximate surface area is 206 Å². The minimum Gasteiger partial charge on any atom is -0.497 e. The predicted octanol–water partition coefficient (Wildman–Crippen LogP) is 6.47. The van der Waals surface area contributed by atoms with Crippen LogP contribution in [0.5, 0.6) is 5.75 Å². The Morgan fingerprint density at radius 3 is 2.40 bits per heavy atom. The Bertz CT molecular complexity index is 1270. The molecule has 1 N–H and O–H groups in total. The molecule has 1 heterocycles. The molecule has 35 heavy (non-hydrogen) atoms. The Morgan fingerprint density at radius 1 is 1.03 bits per heavy atom. The van der Waals surface area contributed by atoms with Crippen LogP contribution in [-0.2, 0) is 18.5 Å². The van der Waals surface area contributed by atoms with E-state index in [-0.39, 0.29) is 29.2 Å². The Kier molecular flexibility index (Phi) is 6.95. The van der Waals surface area contributed by atoms with Crippen molar-refractivity contribution in [3.05, 3.63) is 94.5 Å². The van der Waals surface area contributed by atoms with E-state index in [9.17, 15) is 18.0 Å². The number of anilines is 1. The van der Waals surface area contributed by atoms with Crippen LogP contribution < -0.4 is 15.0 Å². The highest BCUT2D eigenvalue weighted by atomic mass is 35.5. The Hall–Kier alpha value is -3.63. The lowest BCUT2D eigenvalue weighted by Crippen LogP contribution is -2.62. The average molecular weight is 499 g/mol. The van der Waals surface area contributed by atoms with Crippen LogP contribution in [0.3, 0.4) is 0 Å². The van der Waals surface area contributed by atoms with E-state index in [2.05, 4.69) is 17.2 Å². The predicted molar refractivity (Wildman–Crippen MR) is 129 cm³/mol. The molecule has 4 nitrogen and oxygen atoms in total. The van der Waals surface area contributed by atoms with Gasteiger partial charge in [-0.2, -0.15) is 13.2 Å². The molecule has 0 aromatic heterocycles. The van der Waals surface area contributed by atoms with Crippen LogP contribution in [0.1, 0.15) is 23.1 Å². The van der Waals surface area contributed by atoms with Crippen LogP contribution in [0.15, 0.2) is 72.8 Å². The fourth-order valence-electron chi connectivity index (χ4n) is 3.96. The summed E-state index contributed by atoms with van der Waals surface area (Å²) in [5, 5.41) is 2.26. The summed E-state index contributed by atoms with van der Waals surface area (Å²) >= 11 is 6.11. The topological polar surface area (TPSA) is 41.6 Å². The van der Waals surface area contributed by atoms with Gasteiger partial charge in [0.2, 0.25) is 5.54 Å². The van der Waals surface area contributed by atoms with Gasteiger partial charge in [-0.3, -0.25) is 4.90 Å². The van der Waals surface area contributed by atoms with Crippen LogP contribution in [-0.4, -0.2) is 19.3 Å². The number of aryl methyl sites for hydroxylation is 1. The van der Waals surface area contributed by atoms with Crippen LogP contribution in [0, 0.1) is 11.8 Å². The van der Waals surface area contributed by atoms with Crippen LogP contribution in [0.4, 0.5) is 23.7 Å². The summed E-state index contributed by atoms with van der Waals surface area (Å²) in [5.74, 6) is 5.63. The van der Waals surface area contributed by atoms with E-state index < -0.39 is 17.7 Å². The van der Waals surface area contributed by atoms with Crippen LogP contribution >= 0.6 is 11.6 Å². The molecule has 1 aliphatic rings. The zero-order valence-corrected chi connectivity index (χ0v) is 19.6. The first-order valence-electron chi connectivity index (χ1n) is 10.9. The van der Waals surface area contributed by atoms with Crippen LogP contribution in [0.25, 0.3) is 0 Å². The maximum atomic E-state index is 14.6. The number of fused-ring (bicyclic) bond motifs is 1. The molecule has 3 aromatic carbocycles. The summed E-state index contributed by atoms with van der Waals surface area (Å²) in [6.07, 6.45) is -4.20. The third-order valence-electron chi connectivity index (χ3n) is 5.78. The molecule has 0 fully saturated rings. The SMILES string of the molecule is COc1ccc(CN2C(=O)N[C@](C#CCCc3ccccc3)(C(F)(F)F)c3cc(Cl)ccc32)cc1. The van der Waals surface area contributed by atoms with Gasteiger partial charge in [0.25, 0.3) is 0 Å². The second kappa shape index (κ2) is 9.93. The molecule has 3 aromatic rings. The monoisotopic (exact) mass is 498 g/mol. The van der Waals surface area contributed by atoms with Gasteiger partial charge in [-0.25, -0.2) is 4.79 Å². The second-order valence-corrected chi connectivity index (χ2v) is 8.50. The van der Waals surface area contributed by atoms with E-state index in [4.69, 9.17) is 16.3 Å². The van der Waals surface area contributed by atoms with Crippen molar-refractivity contribution in [1.29, 1.82) is 0 Å². The van der Waals surface area contributed by atoms with Gasteiger partial charge in [-0.15, -0.1) is 0 Å². The molecular formula is C27H22ClF3N2O2. The molecular weight excluding hydrogens is 477 g/mol. The number of hydrogen-bond acceptors (Lipinski definition) is 2. The third kappa shape index (κ3) is 5.08. The van der Waals surface area contributed by atoms with Crippen molar-refractivity contribution in [2.75, 3.05) is 12.0 Å². The summed E-state index contributed by atoms with van der Waals surface area (Å²) in [6.45, 7) is 0.0554. The minimum atomic E-state index is -4.88. The number of benzene rings is 3. The van der Waals surface area contributed by atoms with Gasteiger partial charge in [0.05, 0.1) is 19.3 Å². The fraction of sp³-hybridized carbons (Fsp3) is 0.222. The van der Waals surface area contributed by atoms with Crippen molar-refractivity contribution in [3.8, 4) is 17.6 Å². The summed E-state index contributed by atoms with van der Waals surface area (Å²) < 4.78 is 48.9. The average Bonchev–Trinajstić information content (AvgIpc) is 2.84. The molecule has 1 aliphatic heterocycles. The smallest absolute Gasteiger partial charge is 0.427 e. The molecule has 1 atom stereocenters. The number of carbonyl (C=O) groups is 1. The van der Waals surface area contributed by atoms with E-state index in [1.165, 1.54) is 30.2 Å². The molecule has 0 aliphatic carbocycles. The Morgan fingerprint density at radius 2 is 1.74 bits per heavy atom. The van der Waals surface area contributed by atoms with E-state index in [0.717, 1.165) is 11.1 Å². The zero-order valence-electron chi connectivity index (χ0n) is 18.8. The first kappa shape index (κ1) is 24.5. The Balaban J connectivity index is 1.72. The molecule has 0 unspecified atom stereocenters. The molecule has 0 saturated carbocycles. The lowest BCUT2D eigenvalue weighted by molar-refractivity contribution is -0.179. The molecule has 180 valence electrons. The van der Waals surface area contributed by atoms with Gasteiger partial charge in [0, 0.05) is 17.0 Å². The zero-order chi connectivity index (χ0) is 25.1. The lowest BCUT2D eigenvalue weighted by atomic mass is 9.85. The molecule has 0 spiro atoms. The number of nitrogens with zero attached hydrogens (tertiary/aromatic N) is 1. The number of urea groups is 1. The number of nitrogens with one attached hydrogen (secondary N) is 1.